The third-order valence-electron chi connectivity index (χ3n) is 11.5. The summed E-state index contributed by atoms with van der Waals surface area (Å²) >= 11 is 19.3. The number of carbonyl (C=O) groups excluding carboxylic acids is 1. The molecule has 8 rings (SSSR count). The lowest BCUT2D eigenvalue weighted by Gasteiger charge is -2.50. The molecule has 1 aromatic heterocycles. The first-order valence-corrected chi connectivity index (χ1v) is 23.6. The second-order valence-electron chi connectivity index (χ2n) is 15.6. The van der Waals surface area contributed by atoms with Crippen LogP contribution < -0.4 is 16.6 Å². The van der Waals surface area contributed by atoms with Gasteiger partial charge in [-0.05, 0) is 89.2 Å². The maximum atomic E-state index is 14.2. The van der Waals surface area contributed by atoms with Crippen LogP contribution >= 0.6 is 41.3 Å². The SMILES string of the molecule is Cc1cn(C2CN(C(c3ccccc3)(c3ccccc3)c3ccccc3)CC(COP(=O)(Cl)N3CCC(NC(=O)c4cccc(-c5cc(Cl)cc(Cl)c5)c4)CC3)O2)c(=O)[nH]c1=O. The maximum absolute atomic E-state index is 14.2. The lowest BCUT2D eigenvalue weighted by Crippen LogP contribution is -2.58. The molecular weight excluding hydrogens is 868 g/mol. The molecule has 1 amide bonds. The number of benzene rings is 5. The number of ether oxygens (including phenoxy) is 1. The van der Waals surface area contributed by atoms with Crippen molar-refractivity contribution in [3.8, 4) is 11.1 Å². The minimum Gasteiger partial charge on any atom is -0.350 e. The van der Waals surface area contributed by atoms with E-state index in [1.165, 1.54) is 10.8 Å². The van der Waals surface area contributed by atoms with Gasteiger partial charge in [-0.25, -0.2) is 9.46 Å². The number of aryl methyl sites for hydroxylation is 1. The quantitative estimate of drug-likeness (QED) is 0.0920. The van der Waals surface area contributed by atoms with Crippen LogP contribution in [0.4, 0.5) is 0 Å². The number of rotatable bonds is 12. The van der Waals surface area contributed by atoms with Gasteiger partial charge in [0.1, 0.15) is 0 Å². The number of nitrogens with zero attached hydrogens (tertiary/aromatic N) is 3. The molecule has 2 aliphatic rings. The number of hydrogen-bond donors (Lipinski definition) is 2. The Bertz CT molecular complexity index is 2580. The smallest absolute Gasteiger partial charge is 0.350 e. The van der Waals surface area contributed by atoms with E-state index in [1.807, 2.05) is 66.7 Å². The number of aromatic amines is 1. The summed E-state index contributed by atoms with van der Waals surface area (Å²) in [5.74, 6) is -0.230. The van der Waals surface area contributed by atoms with Gasteiger partial charge in [0.05, 0.1) is 18.2 Å². The second-order valence-corrected chi connectivity index (χ2v) is 19.5. The molecular formula is C47H45Cl3N5O6P. The zero-order valence-corrected chi connectivity index (χ0v) is 37.0. The fraction of sp³-hybridized carbons (Fsp3) is 0.255. The van der Waals surface area contributed by atoms with E-state index in [0.717, 1.165) is 27.8 Å². The van der Waals surface area contributed by atoms with Crippen molar-refractivity contribution in [3.63, 3.8) is 0 Å². The van der Waals surface area contributed by atoms with Gasteiger partial charge in [0, 0.05) is 59.6 Å². The molecule has 3 unspecified atom stereocenters. The Labute approximate surface area is 374 Å². The van der Waals surface area contributed by atoms with Crippen LogP contribution in [0.5, 0.6) is 0 Å². The van der Waals surface area contributed by atoms with E-state index in [-0.39, 0.29) is 25.1 Å². The lowest BCUT2D eigenvalue weighted by atomic mass is 9.75. The van der Waals surface area contributed by atoms with Gasteiger partial charge in [0.25, 0.3) is 11.5 Å². The van der Waals surface area contributed by atoms with E-state index in [0.29, 0.717) is 53.6 Å². The molecule has 3 atom stereocenters. The summed E-state index contributed by atoms with van der Waals surface area (Å²) < 4.78 is 30.0. The Kier molecular flexibility index (Phi) is 13.4. The van der Waals surface area contributed by atoms with Gasteiger partial charge in [0.15, 0.2) is 6.23 Å². The average Bonchev–Trinajstić information content (AvgIpc) is 3.28. The van der Waals surface area contributed by atoms with Gasteiger partial charge < -0.3 is 14.6 Å². The van der Waals surface area contributed by atoms with E-state index < -0.39 is 36.0 Å². The topological polar surface area (TPSA) is 126 Å². The standard InChI is InChI=1S/C47H45Cl3N5O6P/c1-32-28-55(46(58)52-44(32)56)43-30-53(47(36-14-5-2-6-15-36,37-16-7-3-8-17-37)38-18-9-4-10-19-38)29-42(61-43)31-60-62(50,59)54-22-20-41(21-23-54)51-45(57)34-13-11-12-33(24-34)35-25-39(48)27-40(49)26-35/h2-19,24-28,41-43H,20-23,29-31H2,1H3,(H,51,57)(H,52,56,58). The molecule has 15 heteroatoms. The van der Waals surface area contributed by atoms with E-state index in [9.17, 15) is 18.9 Å². The highest BCUT2D eigenvalue weighted by atomic mass is 35.7. The van der Waals surface area contributed by atoms with Crippen LogP contribution in [-0.4, -0.2) is 70.0 Å². The van der Waals surface area contributed by atoms with Crippen LogP contribution in [-0.2, 0) is 19.4 Å². The van der Waals surface area contributed by atoms with Crippen molar-refractivity contribution in [1.29, 1.82) is 0 Å². The predicted octanol–water partition coefficient (Wildman–Crippen LogP) is 9.27. The number of nitrogens with one attached hydrogen (secondary N) is 2. The molecule has 2 aliphatic heterocycles. The normalized spacial score (nSPS) is 18.8. The molecule has 0 aliphatic carbocycles. The van der Waals surface area contributed by atoms with Crippen LogP contribution in [0.3, 0.4) is 0 Å². The number of hydrogen-bond acceptors (Lipinski definition) is 7. The molecule has 0 saturated carbocycles. The fourth-order valence-electron chi connectivity index (χ4n) is 8.56. The van der Waals surface area contributed by atoms with Crippen molar-refractivity contribution in [2.75, 3.05) is 32.8 Å². The molecule has 2 fully saturated rings. The number of morpholine rings is 1. The summed E-state index contributed by atoms with van der Waals surface area (Å²) in [6.45, 7) is -1.26. The summed E-state index contributed by atoms with van der Waals surface area (Å²) in [4.78, 5) is 44.0. The third kappa shape index (κ3) is 9.42. The van der Waals surface area contributed by atoms with Crippen molar-refractivity contribution in [3.05, 3.63) is 198 Å². The van der Waals surface area contributed by atoms with Gasteiger partial charge in [-0.15, -0.1) is 0 Å². The van der Waals surface area contributed by atoms with Gasteiger partial charge in [-0.2, -0.15) is 0 Å². The van der Waals surface area contributed by atoms with E-state index >= 15 is 0 Å². The van der Waals surface area contributed by atoms with E-state index in [1.54, 1.807) is 41.9 Å². The molecule has 5 aromatic carbocycles. The van der Waals surface area contributed by atoms with E-state index in [2.05, 4.69) is 51.6 Å². The molecule has 6 aromatic rings. The highest BCUT2D eigenvalue weighted by Gasteiger charge is 2.47. The summed E-state index contributed by atoms with van der Waals surface area (Å²) in [7, 11) is 0. The first-order valence-electron chi connectivity index (χ1n) is 20.4. The highest BCUT2D eigenvalue weighted by molar-refractivity contribution is 7.83. The minimum absolute atomic E-state index is 0.163. The number of piperidine rings is 1. The number of halogens is 3. The van der Waals surface area contributed by atoms with E-state index in [4.69, 9.17) is 43.7 Å². The van der Waals surface area contributed by atoms with Crippen LogP contribution in [0.25, 0.3) is 11.1 Å². The molecule has 0 radical (unpaired) electrons. The number of carbonyl (C=O) groups is 1. The monoisotopic (exact) mass is 911 g/mol. The zero-order chi connectivity index (χ0) is 43.4. The molecule has 2 N–H and O–H groups in total. The Morgan fingerprint density at radius 2 is 1.39 bits per heavy atom. The van der Waals surface area contributed by atoms with Crippen LogP contribution in [0, 0.1) is 6.92 Å². The zero-order valence-electron chi connectivity index (χ0n) is 33.8. The van der Waals surface area contributed by atoms with Crippen molar-refractivity contribution < 1.29 is 18.6 Å². The fourth-order valence-corrected chi connectivity index (χ4v) is 10.9. The van der Waals surface area contributed by atoms with Gasteiger partial charge in [-0.1, -0.05) is 126 Å². The summed E-state index contributed by atoms with van der Waals surface area (Å²) in [6.07, 6.45) is 0.880. The molecule has 62 heavy (non-hydrogen) atoms. The summed E-state index contributed by atoms with van der Waals surface area (Å²) in [6, 6.07) is 42.7. The molecule has 0 bridgehead atoms. The Balaban J connectivity index is 1.02. The van der Waals surface area contributed by atoms with Crippen molar-refractivity contribution >= 4 is 47.2 Å². The summed E-state index contributed by atoms with van der Waals surface area (Å²) in [5, 5.41) is 4.12. The van der Waals surface area contributed by atoms with Crippen LogP contribution in [0.2, 0.25) is 10.0 Å². The Morgan fingerprint density at radius 1 is 0.806 bits per heavy atom. The average molecular weight is 913 g/mol. The summed E-state index contributed by atoms with van der Waals surface area (Å²) in [5.41, 5.74) is 3.42. The first kappa shape index (κ1) is 43.8. The van der Waals surface area contributed by atoms with Crippen LogP contribution in [0.1, 0.15) is 51.7 Å². The molecule has 3 heterocycles. The Hall–Kier alpha value is -4.81. The van der Waals surface area contributed by atoms with Crippen molar-refractivity contribution in [1.82, 2.24) is 24.4 Å². The number of amides is 1. The van der Waals surface area contributed by atoms with Crippen molar-refractivity contribution in [2.45, 2.75) is 43.7 Å². The number of aromatic nitrogens is 2. The molecule has 2 saturated heterocycles. The predicted molar refractivity (Wildman–Crippen MR) is 244 cm³/mol. The lowest BCUT2D eigenvalue weighted by molar-refractivity contribution is -0.148. The largest absolute Gasteiger partial charge is 0.363 e. The third-order valence-corrected chi connectivity index (χ3v) is 14.5. The second kappa shape index (κ2) is 18.9. The van der Waals surface area contributed by atoms with Gasteiger partial charge in [0.2, 0.25) is 0 Å². The highest BCUT2D eigenvalue weighted by Crippen LogP contribution is 2.57. The Morgan fingerprint density at radius 3 is 1.97 bits per heavy atom. The number of H-pyrrole nitrogens is 1. The van der Waals surface area contributed by atoms with Gasteiger partial charge >= 0.3 is 12.6 Å². The minimum atomic E-state index is -3.90. The van der Waals surface area contributed by atoms with Gasteiger partial charge in [-0.3, -0.25) is 28.6 Å². The molecule has 11 nitrogen and oxygen atoms in total. The maximum Gasteiger partial charge on any atom is 0.363 e. The van der Waals surface area contributed by atoms with Crippen LogP contribution in [0.15, 0.2) is 149 Å². The van der Waals surface area contributed by atoms with Crippen molar-refractivity contribution in [2.24, 2.45) is 0 Å². The molecule has 320 valence electrons. The first-order chi connectivity index (χ1) is 29.9. The molecule has 0 spiro atoms.